The summed E-state index contributed by atoms with van der Waals surface area (Å²) in [4.78, 5) is 2.40. The number of rotatable bonds is 4. The Labute approximate surface area is 107 Å². The summed E-state index contributed by atoms with van der Waals surface area (Å²) in [6.07, 6.45) is 2.30. The molecule has 1 atom stereocenters. The van der Waals surface area contributed by atoms with E-state index in [1.165, 1.54) is 12.8 Å². The van der Waals surface area contributed by atoms with E-state index in [2.05, 4.69) is 44.8 Å². The smallest absolute Gasteiger partial charge is 0.0791 e. The van der Waals surface area contributed by atoms with Crippen molar-refractivity contribution in [3.63, 3.8) is 0 Å². The Bertz CT molecular complexity index is 233. The van der Waals surface area contributed by atoms with Gasteiger partial charge in [-0.15, -0.1) is 0 Å². The summed E-state index contributed by atoms with van der Waals surface area (Å²) in [6.45, 7) is 14.7. The van der Waals surface area contributed by atoms with Crippen LogP contribution in [0.5, 0.6) is 0 Å². The van der Waals surface area contributed by atoms with Crippen LogP contribution in [0.2, 0.25) is 0 Å². The molecule has 0 radical (unpaired) electrons. The standard InChI is InChI=1S/C14H30N2O/c1-13(2,3)15-9-12(17)10-16-8-6-7-14(4,5)11-16/h12,15,17H,6-11H2,1-5H3. The minimum absolute atomic E-state index is 0.0855. The highest BCUT2D eigenvalue weighted by atomic mass is 16.3. The van der Waals surface area contributed by atoms with Crippen molar-refractivity contribution in [1.29, 1.82) is 0 Å². The van der Waals surface area contributed by atoms with E-state index in [1.807, 2.05) is 0 Å². The van der Waals surface area contributed by atoms with Gasteiger partial charge in [0.25, 0.3) is 0 Å². The van der Waals surface area contributed by atoms with E-state index in [0.29, 0.717) is 12.0 Å². The van der Waals surface area contributed by atoms with E-state index >= 15 is 0 Å². The van der Waals surface area contributed by atoms with Gasteiger partial charge in [-0.25, -0.2) is 0 Å². The van der Waals surface area contributed by atoms with E-state index in [1.54, 1.807) is 0 Å². The quantitative estimate of drug-likeness (QED) is 0.790. The number of likely N-dealkylation sites (tertiary alicyclic amines) is 1. The van der Waals surface area contributed by atoms with Gasteiger partial charge in [0.15, 0.2) is 0 Å². The molecule has 3 nitrogen and oxygen atoms in total. The van der Waals surface area contributed by atoms with Gasteiger partial charge in [0.2, 0.25) is 0 Å². The second-order valence-corrected chi connectivity index (χ2v) is 7.29. The van der Waals surface area contributed by atoms with Crippen LogP contribution in [0, 0.1) is 5.41 Å². The molecule has 1 aliphatic heterocycles. The fourth-order valence-corrected chi connectivity index (χ4v) is 2.49. The molecule has 1 heterocycles. The third-order valence-corrected chi connectivity index (χ3v) is 3.32. The molecule has 1 aliphatic rings. The first-order valence-electron chi connectivity index (χ1n) is 6.83. The fraction of sp³-hybridized carbons (Fsp3) is 1.00. The Morgan fingerprint density at radius 2 is 2.00 bits per heavy atom. The number of piperidine rings is 1. The third-order valence-electron chi connectivity index (χ3n) is 3.32. The van der Waals surface area contributed by atoms with Gasteiger partial charge in [0.05, 0.1) is 6.10 Å². The van der Waals surface area contributed by atoms with Crippen LogP contribution in [0.1, 0.15) is 47.5 Å². The number of hydrogen-bond acceptors (Lipinski definition) is 3. The molecule has 0 bridgehead atoms. The molecule has 2 N–H and O–H groups in total. The first-order chi connectivity index (χ1) is 7.68. The van der Waals surface area contributed by atoms with Crippen LogP contribution in [0.25, 0.3) is 0 Å². The Morgan fingerprint density at radius 1 is 1.35 bits per heavy atom. The summed E-state index contributed by atoms with van der Waals surface area (Å²) in [5.41, 5.74) is 0.498. The van der Waals surface area contributed by atoms with Crippen molar-refractivity contribution >= 4 is 0 Å². The number of nitrogens with zero attached hydrogens (tertiary/aromatic N) is 1. The van der Waals surface area contributed by atoms with Gasteiger partial charge in [-0.1, -0.05) is 13.8 Å². The van der Waals surface area contributed by atoms with E-state index in [4.69, 9.17) is 0 Å². The fourth-order valence-electron chi connectivity index (χ4n) is 2.49. The molecule has 17 heavy (non-hydrogen) atoms. The van der Waals surface area contributed by atoms with Gasteiger partial charge in [0, 0.05) is 25.2 Å². The maximum atomic E-state index is 10.0. The zero-order chi connectivity index (χ0) is 13.1. The van der Waals surface area contributed by atoms with Crippen molar-refractivity contribution in [1.82, 2.24) is 10.2 Å². The molecular weight excluding hydrogens is 212 g/mol. The molecule has 0 aromatic carbocycles. The molecule has 0 amide bonds. The maximum Gasteiger partial charge on any atom is 0.0791 e. The maximum absolute atomic E-state index is 10.0. The van der Waals surface area contributed by atoms with Crippen molar-refractivity contribution in [2.75, 3.05) is 26.2 Å². The summed E-state index contributed by atoms with van der Waals surface area (Å²) in [5, 5.41) is 13.4. The zero-order valence-corrected chi connectivity index (χ0v) is 12.2. The lowest BCUT2D eigenvalue weighted by Crippen LogP contribution is -2.48. The first-order valence-corrected chi connectivity index (χ1v) is 6.83. The lowest BCUT2D eigenvalue weighted by atomic mass is 9.84. The SMILES string of the molecule is CC1(C)CCCN(CC(O)CNC(C)(C)C)C1. The molecule has 1 saturated heterocycles. The molecule has 0 aliphatic carbocycles. The van der Waals surface area contributed by atoms with Gasteiger partial charge in [-0.3, -0.25) is 0 Å². The number of β-amino-alcohol motifs (C(OH)–C–C–N with tert-alkyl or cyclic N) is 1. The van der Waals surface area contributed by atoms with Crippen molar-refractivity contribution in [3.05, 3.63) is 0 Å². The van der Waals surface area contributed by atoms with Crippen LogP contribution in [0.3, 0.4) is 0 Å². The van der Waals surface area contributed by atoms with Crippen LogP contribution in [-0.4, -0.2) is 47.8 Å². The van der Waals surface area contributed by atoms with Gasteiger partial charge in [-0.2, -0.15) is 0 Å². The van der Waals surface area contributed by atoms with Gasteiger partial charge in [-0.05, 0) is 45.6 Å². The van der Waals surface area contributed by atoms with E-state index in [9.17, 15) is 5.11 Å². The molecule has 0 saturated carbocycles. The molecule has 1 fully saturated rings. The molecular formula is C14H30N2O. The van der Waals surface area contributed by atoms with E-state index in [-0.39, 0.29) is 11.6 Å². The summed E-state index contributed by atoms with van der Waals surface area (Å²) in [5.74, 6) is 0. The normalized spacial score (nSPS) is 23.6. The highest BCUT2D eigenvalue weighted by Gasteiger charge is 2.27. The molecule has 0 spiro atoms. The predicted octanol–water partition coefficient (Wildman–Crippen LogP) is 1.86. The molecule has 0 aromatic heterocycles. The summed E-state index contributed by atoms with van der Waals surface area (Å²) < 4.78 is 0. The van der Waals surface area contributed by atoms with Crippen LogP contribution < -0.4 is 5.32 Å². The Balaban J connectivity index is 2.28. The number of aliphatic hydroxyl groups excluding tert-OH is 1. The lowest BCUT2D eigenvalue weighted by Gasteiger charge is -2.39. The number of hydrogen-bond donors (Lipinski definition) is 2. The minimum atomic E-state index is -0.261. The summed E-state index contributed by atoms with van der Waals surface area (Å²) >= 11 is 0. The second kappa shape index (κ2) is 5.68. The van der Waals surface area contributed by atoms with Gasteiger partial charge < -0.3 is 15.3 Å². The summed E-state index contributed by atoms with van der Waals surface area (Å²) in [7, 11) is 0. The molecule has 1 unspecified atom stereocenters. The number of nitrogens with one attached hydrogen (secondary N) is 1. The first kappa shape index (κ1) is 14.9. The van der Waals surface area contributed by atoms with E-state index < -0.39 is 0 Å². The van der Waals surface area contributed by atoms with Crippen LogP contribution in [0.4, 0.5) is 0 Å². The van der Waals surface area contributed by atoms with E-state index in [0.717, 1.165) is 19.6 Å². The topological polar surface area (TPSA) is 35.5 Å². The minimum Gasteiger partial charge on any atom is -0.390 e. The average molecular weight is 242 g/mol. The van der Waals surface area contributed by atoms with Crippen molar-refractivity contribution in [2.24, 2.45) is 5.41 Å². The zero-order valence-electron chi connectivity index (χ0n) is 12.2. The Kier molecular flexibility index (Phi) is 4.99. The molecule has 3 heteroatoms. The highest BCUT2D eigenvalue weighted by molar-refractivity contribution is 4.82. The van der Waals surface area contributed by atoms with Crippen molar-refractivity contribution in [2.45, 2.75) is 59.1 Å². The van der Waals surface area contributed by atoms with Gasteiger partial charge >= 0.3 is 0 Å². The monoisotopic (exact) mass is 242 g/mol. The third kappa shape index (κ3) is 6.39. The second-order valence-electron chi connectivity index (χ2n) is 7.29. The largest absolute Gasteiger partial charge is 0.390 e. The molecule has 0 aromatic rings. The Morgan fingerprint density at radius 3 is 2.53 bits per heavy atom. The van der Waals surface area contributed by atoms with Crippen molar-refractivity contribution < 1.29 is 5.11 Å². The highest BCUT2D eigenvalue weighted by Crippen LogP contribution is 2.28. The summed E-state index contributed by atoms with van der Waals surface area (Å²) in [6, 6.07) is 0. The Hall–Kier alpha value is -0.120. The number of aliphatic hydroxyl groups is 1. The van der Waals surface area contributed by atoms with Gasteiger partial charge in [0.1, 0.15) is 0 Å². The molecule has 1 rings (SSSR count). The lowest BCUT2D eigenvalue weighted by molar-refractivity contribution is 0.0573. The van der Waals surface area contributed by atoms with Crippen LogP contribution >= 0.6 is 0 Å². The van der Waals surface area contributed by atoms with Crippen LogP contribution in [-0.2, 0) is 0 Å². The average Bonchev–Trinajstić information content (AvgIpc) is 2.12. The van der Waals surface area contributed by atoms with Crippen molar-refractivity contribution in [3.8, 4) is 0 Å². The molecule has 102 valence electrons. The predicted molar refractivity (Wildman–Crippen MR) is 73.2 cm³/mol. The van der Waals surface area contributed by atoms with Crippen LogP contribution in [0.15, 0.2) is 0 Å².